The maximum atomic E-state index is 12.7. The maximum absolute atomic E-state index is 12.7. The molecular formula is C15H8FN. The first kappa shape index (κ1) is 10.9. The molecule has 0 amide bonds. The molecule has 2 aromatic carbocycles. The highest BCUT2D eigenvalue weighted by Crippen LogP contribution is 2.11. The average molecular weight is 221 g/mol. The fraction of sp³-hybridized carbons (Fsp3) is 0. The first-order valence-electron chi connectivity index (χ1n) is 5.03. The van der Waals surface area contributed by atoms with Crippen LogP contribution in [0.1, 0.15) is 11.1 Å². The first-order valence-corrected chi connectivity index (χ1v) is 5.03. The third kappa shape index (κ3) is 2.93. The summed E-state index contributed by atoms with van der Waals surface area (Å²) >= 11 is 0. The molecule has 0 aromatic heterocycles. The zero-order valence-corrected chi connectivity index (χ0v) is 8.94. The van der Waals surface area contributed by atoms with Crippen LogP contribution in [0.3, 0.4) is 0 Å². The van der Waals surface area contributed by atoms with Crippen LogP contribution in [0.15, 0.2) is 48.5 Å². The molecular weight excluding hydrogens is 213 g/mol. The lowest BCUT2D eigenvalue weighted by Gasteiger charge is -1.91. The molecule has 0 atom stereocenters. The summed E-state index contributed by atoms with van der Waals surface area (Å²) in [7, 11) is 0. The molecule has 0 unspecified atom stereocenters. The molecule has 0 radical (unpaired) electrons. The van der Waals surface area contributed by atoms with Gasteiger partial charge in [-0.3, -0.25) is 0 Å². The molecule has 17 heavy (non-hydrogen) atoms. The Bertz CT molecular complexity index is 607. The molecule has 1 nitrogen and oxygen atoms in total. The number of hydrogen-bond acceptors (Lipinski definition) is 0. The van der Waals surface area contributed by atoms with Crippen molar-refractivity contribution in [1.29, 1.82) is 0 Å². The zero-order valence-electron chi connectivity index (χ0n) is 8.94. The van der Waals surface area contributed by atoms with Crippen molar-refractivity contribution in [2.45, 2.75) is 0 Å². The summed E-state index contributed by atoms with van der Waals surface area (Å²) in [4.78, 5) is 3.30. The smallest absolute Gasteiger partial charge is 0.187 e. The lowest BCUT2D eigenvalue weighted by Crippen LogP contribution is -1.77. The van der Waals surface area contributed by atoms with E-state index in [2.05, 4.69) is 16.7 Å². The third-order valence-corrected chi connectivity index (χ3v) is 2.19. The lowest BCUT2D eigenvalue weighted by atomic mass is 10.2. The van der Waals surface area contributed by atoms with E-state index < -0.39 is 0 Å². The van der Waals surface area contributed by atoms with Crippen molar-refractivity contribution >= 4 is 5.69 Å². The van der Waals surface area contributed by atoms with Crippen LogP contribution in [0.25, 0.3) is 4.85 Å². The second-order valence-electron chi connectivity index (χ2n) is 3.42. The fourth-order valence-electron chi connectivity index (χ4n) is 1.30. The van der Waals surface area contributed by atoms with Gasteiger partial charge in [-0.05, 0) is 24.3 Å². The van der Waals surface area contributed by atoms with E-state index in [1.165, 1.54) is 12.1 Å². The molecule has 0 saturated heterocycles. The molecule has 0 N–H and O–H groups in total. The molecule has 2 heteroatoms. The molecule has 0 heterocycles. The number of nitrogens with zero attached hydrogens (tertiary/aromatic N) is 1. The van der Waals surface area contributed by atoms with Crippen molar-refractivity contribution in [2.75, 3.05) is 0 Å². The molecule has 0 aliphatic heterocycles. The second-order valence-corrected chi connectivity index (χ2v) is 3.42. The van der Waals surface area contributed by atoms with Gasteiger partial charge in [0.05, 0.1) is 6.57 Å². The molecule has 0 bridgehead atoms. The van der Waals surface area contributed by atoms with E-state index in [9.17, 15) is 4.39 Å². The second kappa shape index (κ2) is 4.96. The predicted octanol–water partition coefficient (Wildman–Crippen LogP) is 3.78. The van der Waals surface area contributed by atoms with Gasteiger partial charge in [0.1, 0.15) is 5.82 Å². The highest BCUT2D eigenvalue weighted by molar-refractivity contribution is 5.50. The number of benzene rings is 2. The van der Waals surface area contributed by atoms with Crippen LogP contribution in [0, 0.1) is 24.2 Å². The van der Waals surface area contributed by atoms with Gasteiger partial charge in [0, 0.05) is 11.1 Å². The van der Waals surface area contributed by atoms with Crippen molar-refractivity contribution < 1.29 is 4.39 Å². The Balaban J connectivity index is 2.21. The van der Waals surface area contributed by atoms with Gasteiger partial charge >= 0.3 is 0 Å². The van der Waals surface area contributed by atoms with Crippen LogP contribution in [0.2, 0.25) is 0 Å². The van der Waals surface area contributed by atoms with E-state index in [0.29, 0.717) is 5.69 Å². The van der Waals surface area contributed by atoms with Crippen LogP contribution in [0.5, 0.6) is 0 Å². The zero-order chi connectivity index (χ0) is 12.1. The standard InChI is InChI=1S/C15H8FN/c1-17-15-10-6-13(7-11-15)3-2-12-4-8-14(16)9-5-12/h4-11H. The Labute approximate surface area is 99.4 Å². The van der Waals surface area contributed by atoms with E-state index in [0.717, 1.165) is 11.1 Å². The van der Waals surface area contributed by atoms with E-state index in [1.807, 2.05) is 0 Å². The molecule has 2 aromatic rings. The minimum absolute atomic E-state index is 0.267. The van der Waals surface area contributed by atoms with Crippen molar-refractivity contribution in [3.05, 3.63) is 76.9 Å². The Hall–Kier alpha value is -2.58. The van der Waals surface area contributed by atoms with Crippen LogP contribution < -0.4 is 0 Å². The van der Waals surface area contributed by atoms with Crippen molar-refractivity contribution in [3.63, 3.8) is 0 Å². The van der Waals surface area contributed by atoms with Gasteiger partial charge in [-0.15, -0.1) is 0 Å². The monoisotopic (exact) mass is 221 g/mol. The first-order chi connectivity index (χ1) is 8.28. The average Bonchev–Trinajstić information content (AvgIpc) is 2.39. The van der Waals surface area contributed by atoms with Crippen LogP contribution in [-0.4, -0.2) is 0 Å². The quantitative estimate of drug-likeness (QED) is 0.471. The molecule has 0 saturated carbocycles. The van der Waals surface area contributed by atoms with E-state index >= 15 is 0 Å². The van der Waals surface area contributed by atoms with Crippen molar-refractivity contribution in [1.82, 2.24) is 0 Å². The van der Waals surface area contributed by atoms with Gasteiger partial charge in [0.15, 0.2) is 5.69 Å². The summed E-state index contributed by atoms with van der Waals surface area (Å²) in [5, 5.41) is 0. The lowest BCUT2D eigenvalue weighted by molar-refractivity contribution is 0.627. The number of halogens is 1. The summed E-state index contributed by atoms with van der Waals surface area (Å²) < 4.78 is 12.7. The molecule has 80 valence electrons. The summed E-state index contributed by atoms with van der Waals surface area (Å²) in [6.07, 6.45) is 0. The van der Waals surface area contributed by atoms with E-state index in [1.54, 1.807) is 36.4 Å². The largest absolute Gasteiger partial charge is 0.238 e. The summed E-state index contributed by atoms with van der Waals surface area (Å²) in [6, 6.07) is 13.1. The maximum Gasteiger partial charge on any atom is 0.187 e. The molecule has 2 rings (SSSR count). The van der Waals surface area contributed by atoms with E-state index in [4.69, 9.17) is 6.57 Å². The van der Waals surface area contributed by atoms with Gasteiger partial charge in [-0.25, -0.2) is 9.24 Å². The molecule has 0 fully saturated rings. The SMILES string of the molecule is [C-]#[N+]c1ccc(C#Cc2ccc(F)cc2)cc1. The third-order valence-electron chi connectivity index (χ3n) is 2.19. The Morgan fingerprint density at radius 1 is 0.824 bits per heavy atom. The summed E-state index contributed by atoms with van der Waals surface area (Å²) in [6.45, 7) is 6.82. The van der Waals surface area contributed by atoms with Crippen LogP contribution >= 0.6 is 0 Å². The highest BCUT2D eigenvalue weighted by Gasteiger charge is 1.91. The van der Waals surface area contributed by atoms with Crippen LogP contribution in [-0.2, 0) is 0 Å². The predicted molar refractivity (Wildman–Crippen MR) is 65.1 cm³/mol. The topological polar surface area (TPSA) is 4.36 Å². The van der Waals surface area contributed by atoms with Gasteiger partial charge in [0.25, 0.3) is 0 Å². The normalized spacial score (nSPS) is 8.94. The van der Waals surface area contributed by atoms with Gasteiger partial charge in [0.2, 0.25) is 0 Å². The summed E-state index contributed by atoms with van der Waals surface area (Å²) in [5.41, 5.74) is 2.19. The Morgan fingerprint density at radius 2 is 1.29 bits per heavy atom. The highest BCUT2D eigenvalue weighted by atomic mass is 19.1. The molecule has 0 aliphatic carbocycles. The van der Waals surface area contributed by atoms with Gasteiger partial charge < -0.3 is 0 Å². The Morgan fingerprint density at radius 3 is 1.76 bits per heavy atom. The van der Waals surface area contributed by atoms with Crippen molar-refractivity contribution in [2.24, 2.45) is 0 Å². The Kier molecular flexibility index (Phi) is 3.19. The van der Waals surface area contributed by atoms with Crippen molar-refractivity contribution in [3.8, 4) is 11.8 Å². The van der Waals surface area contributed by atoms with Gasteiger partial charge in [-0.2, -0.15) is 0 Å². The number of rotatable bonds is 0. The number of hydrogen-bond donors (Lipinski definition) is 0. The minimum atomic E-state index is -0.267. The fourth-order valence-corrected chi connectivity index (χ4v) is 1.30. The minimum Gasteiger partial charge on any atom is -0.238 e. The van der Waals surface area contributed by atoms with Gasteiger partial charge in [-0.1, -0.05) is 36.1 Å². The molecule has 0 spiro atoms. The van der Waals surface area contributed by atoms with Crippen LogP contribution in [0.4, 0.5) is 10.1 Å². The molecule has 0 aliphatic rings. The summed E-state index contributed by atoms with van der Waals surface area (Å²) in [5.74, 6) is 5.62. The van der Waals surface area contributed by atoms with E-state index in [-0.39, 0.29) is 5.82 Å².